The zero-order valence-electron chi connectivity index (χ0n) is 7.93. The van der Waals surface area contributed by atoms with Gasteiger partial charge in [0.15, 0.2) is 0 Å². The van der Waals surface area contributed by atoms with Gasteiger partial charge in [-0.15, -0.1) is 0 Å². The second kappa shape index (κ2) is 3.82. The Hall–Kier alpha value is -1.50. The molecule has 0 aliphatic rings. The lowest BCUT2D eigenvalue weighted by Crippen LogP contribution is -2.11. The van der Waals surface area contributed by atoms with Crippen LogP contribution < -0.4 is 5.73 Å². The summed E-state index contributed by atoms with van der Waals surface area (Å²) in [5, 5.41) is 9.64. The Morgan fingerprint density at radius 3 is 2.38 bits per heavy atom. The first-order valence-corrected chi connectivity index (χ1v) is 4.34. The van der Waals surface area contributed by atoms with E-state index in [4.69, 9.17) is 17.3 Å². The molecule has 4 nitrogen and oxygen atoms in total. The highest BCUT2D eigenvalue weighted by molar-refractivity contribution is 6.34. The van der Waals surface area contributed by atoms with Gasteiger partial charge < -0.3 is 5.73 Å². The van der Waals surface area contributed by atoms with Gasteiger partial charge in [0.1, 0.15) is 5.69 Å². The highest BCUT2D eigenvalue weighted by Crippen LogP contribution is 2.43. The molecule has 0 aromatic heterocycles. The molecule has 0 bridgehead atoms. The molecule has 1 rings (SSSR count). The third kappa shape index (κ3) is 2.04. The molecule has 0 unspecified atom stereocenters. The van der Waals surface area contributed by atoms with E-state index in [1.54, 1.807) is 0 Å². The first kappa shape index (κ1) is 12.6. The van der Waals surface area contributed by atoms with Crippen molar-refractivity contribution in [2.75, 3.05) is 5.73 Å². The fraction of sp³-hybridized carbons (Fsp3) is 0.250. The molecule has 0 fully saturated rings. The Morgan fingerprint density at radius 1 is 1.50 bits per heavy atom. The largest absolute Gasteiger partial charge is 0.418 e. The fourth-order valence-corrected chi connectivity index (χ4v) is 1.63. The maximum atomic E-state index is 12.5. The SMILES string of the molecule is Cc1cc([N+](=O)[O-])c(N)c(Cl)c1C(F)(F)F. The molecular formula is C8H6ClF3N2O2. The van der Waals surface area contributed by atoms with Crippen LogP contribution in [0, 0.1) is 17.0 Å². The van der Waals surface area contributed by atoms with Crippen molar-refractivity contribution in [1.82, 2.24) is 0 Å². The van der Waals surface area contributed by atoms with Gasteiger partial charge in [-0.05, 0) is 12.5 Å². The molecule has 1 aromatic carbocycles. The molecule has 0 saturated heterocycles. The molecule has 8 heteroatoms. The minimum absolute atomic E-state index is 0.335. The minimum atomic E-state index is -4.69. The summed E-state index contributed by atoms with van der Waals surface area (Å²) in [5.74, 6) is 0. The first-order valence-electron chi connectivity index (χ1n) is 3.96. The van der Waals surface area contributed by atoms with Gasteiger partial charge in [0.25, 0.3) is 5.69 Å². The molecule has 0 atom stereocenters. The van der Waals surface area contributed by atoms with E-state index in [0.29, 0.717) is 0 Å². The normalized spacial score (nSPS) is 11.6. The van der Waals surface area contributed by atoms with Gasteiger partial charge in [-0.25, -0.2) is 0 Å². The minimum Gasteiger partial charge on any atom is -0.392 e. The van der Waals surface area contributed by atoms with Crippen LogP contribution >= 0.6 is 11.6 Å². The highest BCUT2D eigenvalue weighted by Gasteiger charge is 2.37. The van der Waals surface area contributed by atoms with Crippen LogP contribution in [0.4, 0.5) is 24.5 Å². The van der Waals surface area contributed by atoms with Crippen molar-refractivity contribution >= 4 is 23.0 Å². The topological polar surface area (TPSA) is 69.2 Å². The number of nitro benzene ring substituents is 1. The number of benzene rings is 1. The van der Waals surface area contributed by atoms with Gasteiger partial charge in [0.2, 0.25) is 0 Å². The average Bonchev–Trinajstić information content (AvgIpc) is 2.08. The zero-order valence-corrected chi connectivity index (χ0v) is 8.69. The van der Waals surface area contributed by atoms with Crippen LogP contribution in [0.15, 0.2) is 6.07 Å². The van der Waals surface area contributed by atoms with Crippen LogP contribution in [0.3, 0.4) is 0 Å². The molecule has 0 heterocycles. The third-order valence-corrected chi connectivity index (χ3v) is 2.35. The molecule has 0 saturated carbocycles. The van der Waals surface area contributed by atoms with E-state index < -0.39 is 33.1 Å². The Bertz CT molecular complexity index is 460. The lowest BCUT2D eigenvalue weighted by atomic mass is 10.1. The maximum absolute atomic E-state index is 12.5. The second-order valence-corrected chi connectivity index (χ2v) is 3.45. The van der Waals surface area contributed by atoms with E-state index in [1.165, 1.54) is 0 Å². The van der Waals surface area contributed by atoms with Crippen molar-refractivity contribution in [3.05, 3.63) is 32.3 Å². The van der Waals surface area contributed by atoms with Crippen LogP contribution in [0.5, 0.6) is 0 Å². The van der Waals surface area contributed by atoms with Gasteiger partial charge >= 0.3 is 6.18 Å². The summed E-state index contributed by atoms with van der Waals surface area (Å²) in [5.41, 5.74) is 2.39. The van der Waals surface area contributed by atoms with Crippen molar-refractivity contribution in [2.24, 2.45) is 0 Å². The van der Waals surface area contributed by atoms with Gasteiger partial charge in [-0.1, -0.05) is 11.6 Å². The number of hydrogen-bond donors (Lipinski definition) is 1. The number of anilines is 1. The molecule has 1 aromatic rings. The number of alkyl halides is 3. The molecule has 0 radical (unpaired) electrons. The Labute approximate surface area is 93.0 Å². The second-order valence-electron chi connectivity index (χ2n) is 3.07. The van der Waals surface area contributed by atoms with Crippen molar-refractivity contribution in [3.63, 3.8) is 0 Å². The van der Waals surface area contributed by atoms with Gasteiger partial charge in [-0.2, -0.15) is 13.2 Å². The van der Waals surface area contributed by atoms with Crippen molar-refractivity contribution in [2.45, 2.75) is 13.1 Å². The van der Waals surface area contributed by atoms with E-state index in [9.17, 15) is 23.3 Å². The van der Waals surface area contributed by atoms with E-state index in [1.807, 2.05) is 0 Å². The summed E-state index contributed by atoms with van der Waals surface area (Å²) in [6.07, 6.45) is -4.69. The monoisotopic (exact) mass is 254 g/mol. The van der Waals surface area contributed by atoms with Crippen LogP contribution in [0.1, 0.15) is 11.1 Å². The number of rotatable bonds is 1. The van der Waals surface area contributed by atoms with Gasteiger partial charge in [0, 0.05) is 6.07 Å². The quantitative estimate of drug-likeness (QED) is 0.475. The smallest absolute Gasteiger partial charge is 0.392 e. The number of halogens is 4. The Kier molecular flexibility index (Phi) is 3.00. The molecule has 0 aliphatic heterocycles. The number of nitrogens with two attached hydrogens (primary N) is 1. The first-order chi connectivity index (χ1) is 7.16. The van der Waals surface area contributed by atoms with Crippen molar-refractivity contribution < 1.29 is 18.1 Å². The molecule has 0 spiro atoms. The van der Waals surface area contributed by atoms with Crippen LogP contribution in [-0.4, -0.2) is 4.92 Å². The number of aryl methyl sites for hydroxylation is 1. The molecular weight excluding hydrogens is 249 g/mol. The summed E-state index contributed by atoms with van der Waals surface area (Å²) in [7, 11) is 0. The molecule has 2 N–H and O–H groups in total. The van der Waals surface area contributed by atoms with E-state index in [2.05, 4.69) is 0 Å². The molecule has 88 valence electrons. The lowest BCUT2D eigenvalue weighted by Gasteiger charge is -2.13. The third-order valence-electron chi connectivity index (χ3n) is 1.96. The molecule has 16 heavy (non-hydrogen) atoms. The van der Waals surface area contributed by atoms with Crippen LogP contribution in [-0.2, 0) is 6.18 Å². The Balaban J connectivity index is 3.59. The highest BCUT2D eigenvalue weighted by atomic mass is 35.5. The van der Waals surface area contributed by atoms with Crippen molar-refractivity contribution in [3.8, 4) is 0 Å². The zero-order chi connectivity index (χ0) is 12.7. The van der Waals surface area contributed by atoms with Crippen LogP contribution in [0.2, 0.25) is 5.02 Å². The summed E-state index contributed by atoms with van der Waals surface area (Å²) < 4.78 is 37.5. The number of hydrogen-bond acceptors (Lipinski definition) is 3. The van der Waals surface area contributed by atoms with Gasteiger partial charge in [0.05, 0.1) is 15.5 Å². The van der Waals surface area contributed by atoms with Crippen LogP contribution in [0.25, 0.3) is 0 Å². The average molecular weight is 255 g/mol. The van der Waals surface area contributed by atoms with Crippen molar-refractivity contribution in [1.29, 1.82) is 0 Å². The summed E-state index contributed by atoms with van der Waals surface area (Å²) in [4.78, 5) is 9.59. The number of nitro groups is 1. The maximum Gasteiger partial charge on any atom is 0.418 e. The van der Waals surface area contributed by atoms with E-state index in [0.717, 1.165) is 13.0 Å². The summed E-state index contributed by atoms with van der Waals surface area (Å²) in [6.45, 7) is 1.08. The number of nitrogen functional groups attached to an aromatic ring is 1. The van der Waals surface area contributed by atoms with E-state index in [-0.39, 0.29) is 5.56 Å². The lowest BCUT2D eigenvalue weighted by molar-refractivity contribution is -0.384. The summed E-state index contributed by atoms with van der Waals surface area (Å²) in [6, 6.07) is 0.754. The standard InChI is InChI=1S/C8H6ClF3N2O2/c1-3-2-4(14(15)16)7(13)6(9)5(3)8(10,11)12/h2H,13H2,1H3. The fourth-order valence-electron chi connectivity index (χ4n) is 1.27. The Morgan fingerprint density at radius 2 is 2.00 bits per heavy atom. The van der Waals surface area contributed by atoms with E-state index >= 15 is 0 Å². The molecule has 0 amide bonds. The number of nitrogens with zero attached hydrogens (tertiary/aromatic N) is 1. The summed E-state index contributed by atoms with van der Waals surface area (Å²) >= 11 is 5.38. The molecule has 0 aliphatic carbocycles. The predicted octanol–water partition coefficient (Wildman–Crippen LogP) is 3.16. The predicted molar refractivity (Wildman–Crippen MR) is 52.3 cm³/mol. The van der Waals surface area contributed by atoms with Gasteiger partial charge in [-0.3, -0.25) is 10.1 Å².